The van der Waals surface area contributed by atoms with E-state index >= 15 is 0 Å². The van der Waals surface area contributed by atoms with Gasteiger partial charge in [-0.3, -0.25) is 19.2 Å². The Morgan fingerprint density at radius 2 is 1.43 bits per heavy atom. The second kappa shape index (κ2) is 13.2. The molecule has 3 heterocycles. The number of rotatable bonds is 3. The number of carbonyl (C=O) groups excluding carboxylic acids is 4. The summed E-state index contributed by atoms with van der Waals surface area (Å²) in [7, 11) is 0. The third-order valence-corrected chi connectivity index (χ3v) is 9.36. The van der Waals surface area contributed by atoms with E-state index in [9.17, 15) is 19.2 Å². The summed E-state index contributed by atoms with van der Waals surface area (Å²) in [5, 5.41) is 5.93. The number of nitrogens with zero attached hydrogens (tertiary/aromatic N) is 1. The van der Waals surface area contributed by atoms with E-state index in [-0.39, 0.29) is 29.4 Å². The fourth-order valence-corrected chi connectivity index (χ4v) is 7.01. The van der Waals surface area contributed by atoms with E-state index in [1.54, 1.807) is 0 Å². The number of benzene rings is 2. The van der Waals surface area contributed by atoms with Crippen molar-refractivity contribution in [2.75, 3.05) is 26.2 Å². The molecule has 1 saturated carbocycles. The first-order chi connectivity index (χ1) is 19.5. The van der Waals surface area contributed by atoms with Gasteiger partial charge in [0.1, 0.15) is 0 Å². The topological polar surface area (TPSA) is 95.6 Å². The van der Waals surface area contributed by atoms with Gasteiger partial charge in [-0.15, -0.1) is 0 Å². The number of nitrogens with one attached hydrogen (secondary N) is 2. The molecule has 2 aromatic rings. The predicted molar refractivity (Wildman–Crippen MR) is 154 cm³/mol. The van der Waals surface area contributed by atoms with Crippen LogP contribution in [0, 0.1) is 29.6 Å². The van der Waals surface area contributed by atoms with Gasteiger partial charge in [-0.2, -0.15) is 0 Å². The molecule has 2 aromatic carbocycles. The van der Waals surface area contributed by atoms with Gasteiger partial charge in [-0.25, -0.2) is 0 Å². The van der Waals surface area contributed by atoms with E-state index in [2.05, 4.69) is 10.6 Å². The first-order valence-corrected chi connectivity index (χ1v) is 14.9. The first-order valence-electron chi connectivity index (χ1n) is 14.9. The number of amides is 3. The van der Waals surface area contributed by atoms with Gasteiger partial charge in [0, 0.05) is 56.1 Å². The molecule has 5 unspecified atom stereocenters. The monoisotopic (exact) mass is 543 g/mol. The molecule has 2 N–H and O–H groups in total. The number of ketones is 1. The number of likely N-dealkylation sites (tertiary alicyclic amines) is 1. The van der Waals surface area contributed by atoms with Crippen LogP contribution < -0.4 is 10.6 Å². The van der Waals surface area contributed by atoms with Crippen molar-refractivity contribution in [2.45, 2.75) is 51.4 Å². The van der Waals surface area contributed by atoms with Crippen LogP contribution in [0.1, 0.15) is 72.1 Å². The highest BCUT2D eigenvalue weighted by atomic mass is 16.2. The molecule has 0 bridgehead atoms. The summed E-state index contributed by atoms with van der Waals surface area (Å²) < 4.78 is 0. The van der Waals surface area contributed by atoms with Gasteiger partial charge in [0.25, 0.3) is 5.91 Å². The van der Waals surface area contributed by atoms with Gasteiger partial charge in [-0.05, 0) is 74.3 Å². The van der Waals surface area contributed by atoms with Crippen molar-refractivity contribution < 1.29 is 19.2 Å². The third kappa shape index (κ3) is 6.98. The number of hydrogen-bond donors (Lipinski definition) is 2. The van der Waals surface area contributed by atoms with Crippen molar-refractivity contribution in [2.24, 2.45) is 29.6 Å². The summed E-state index contributed by atoms with van der Waals surface area (Å²) in [4.78, 5) is 50.0. The smallest absolute Gasteiger partial charge is 0.253 e. The fraction of sp³-hybridized carbons (Fsp3) is 0.515. The summed E-state index contributed by atoms with van der Waals surface area (Å²) >= 11 is 0. The van der Waals surface area contributed by atoms with Gasteiger partial charge in [0.2, 0.25) is 11.8 Å². The highest BCUT2D eigenvalue weighted by Crippen LogP contribution is 2.39. The largest absolute Gasteiger partial charge is 0.356 e. The zero-order valence-electron chi connectivity index (χ0n) is 23.2. The number of fused-ring (bicyclic) bond motifs is 2. The molecular formula is C33H41N3O4. The number of piperidine rings is 1. The normalized spacial score (nSPS) is 28.2. The highest BCUT2D eigenvalue weighted by molar-refractivity contribution is 5.98. The van der Waals surface area contributed by atoms with Crippen LogP contribution in [-0.4, -0.2) is 54.6 Å². The van der Waals surface area contributed by atoms with Crippen LogP contribution in [0.4, 0.5) is 0 Å². The molecule has 212 valence electrons. The third-order valence-electron chi connectivity index (χ3n) is 9.36. The summed E-state index contributed by atoms with van der Waals surface area (Å²) in [5.41, 5.74) is 1.59. The Morgan fingerprint density at radius 1 is 0.700 bits per heavy atom. The molecule has 3 saturated heterocycles. The average molecular weight is 544 g/mol. The van der Waals surface area contributed by atoms with E-state index < -0.39 is 0 Å². The molecular weight excluding hydrogens is 502 g/mol. The summed E-state index contributed by atoms with van der Waals surface area (Å²) in [6, 6.07) is 19.1. The fourth-order valence-electron chi connectivity index (χ4n) is 7.01. The SMILES string of the molecule is O=C1CC2CCN(C(=O)c3ccccc3)CC2CCN1.O=C1CCC2CC(C(=O)c3ccccc3)CCC2CN1. The minimum Gasteiger partial charge on any atom is -0.356 e. The van der Waals surface area contributed by atoms with Crippen molar-refractivity contribution in [1.29, 1.82) is 0 Å². The van der Waals surface area contributed by atoms with Gasteiger partial charge < -0.3 is 15.5 Å². The number of Topliss-reactive ketones (excluding diaryl/α,β-unsaturated/α-hetero) is 1. The quantitative estimate of drug-likeness (QED) is 0.558. The lowest BCUT2D eigenvalue weighted by molar-refractivity contribution is -0.122. The molecule has 4 fully saturated rings. The van der Waals surface area contributed by atoms with Gasteiger partial charge in [0.05, 0.1) is 0 Å². The zero-order chi connectivity index (χ0) is 27.9. The molecule has 0 spiro atoms. The van der Waals surface area contributed by atoms with Crippen molar-refractivity contribution >= 4 is 23.5 Å². The zero-order valence-corrected chi connectivity index (χ0v) is 23.2. The molecule has 40 heavy (non-hydrogen) atoms. The molecule has 4 aliphatic rings. The van der Waals surface area contributed by atoms with Crippen LogP contribution in [-0.2, 0) is 9.59 Å². The van der Waals surface area contributed by atoms with Crippen LogP contribution in [0.25, 0.3) is 0 Å². The minimum atomic E-state index is 0.118. The van der Waals surface area contributed by atoms with Gasteiger partial charge in [-0.1, -0.05) is 48.5 Å². The molecule has 1 aliphatic carbocycles. The van der Waals surface area contributed by atoms with Crippen molar-refractivity contribution in [3.05, 3.63) is 71.8 Å². The van der Waals surface area contributed by atoms with Crippen molar-refractivity contribution in [3.63, 3.8) is 0 Å². The molecule has 7 nitrogen and oxygen atoms in total. The minimum absolute atomic E-state index is 0.118. The number of carbonyl (C=O) groups is 4. The molecule has 0 radical (unpaired) electrons. The maximum atomic E-state index is 12.5. The van der Waals surface area contributed by atoms with Gasteiger partial charge in [0.15, 0.2) is 5.78 Å². The lowest BCUT2D eigenvalue weighted by atomic mass is 9.71. The van der Waals surface area contributed by atoms with Crippen LogP contribution in [0.15, 0.2) is 60.7 Å². The molecule has 5 atom stereocenters. The number of hydrogen-bond acceptors (Lipinski definition) is 4. The maximum absolute atomic E-state index is 12.5. The average Bonchev–Trinajstić information content (AvgIpc) is 3.31. The van der Waals surface area contributed by atoms with Crippen molar-refractivity contribution in [3.8, 4) is 0 Å². The van der Waals surface area contributed by atoms with E-state index in [1.165, 1.54) is 0 Å². The maximum Gasteiger partial charge on any atom is 0.253 e. The summed E-state index contributed by atoms with van der Waals surface area (Å²) in [6.45, 7) is 3.10. The van der Waals surface area contributed by atoms with E-state index in [1.807, 2.05) is 65.6 Å². The van der Waals surface area contributed by atoms with Crippen LogP contribution in [0.5, 0.6) is 0 Å². The van der Waals surface area contributed by atoms with Gasteiger partial charge >= 0.3 is 0 Å². The van der Waals surface area contributed by atoms with Crippen LogP contribution >= 0.6 is 0 Å². The summed E-state index contributed by atoms with van der Waals surface area (Å²) in [6.07, 6.45) is 7.08. The summed E-state index contributed by atoms with van der Waals surface area (Å²) in [5.74, 6) is 2.88. The Bertz CT molecular complexity index is 1130. The lowest BCUT2D eigenvalue weighted by Crippen LogP contribution is -2.43. The lowest BCUT2D eigenvalue weighted by Gasteiger charge is -2.37. The second-order valence-electron chi connectivity index (χ2n) is 11.9. The Morgan fingerprint density at radius 3 is 2.17 bits per heavy atom. The molecule has 3 amide bonds. The molecule has 7 heteroatoms. The Labute approximate surface area is 237 Å². The Kier molecular flexibility index (Phi) is 9.30. The second-order valence-corrected chi connectivity index (χ2v) is 11.9. The van der Waals surface area contributed by atoms with E-state index in [0.29, 0.717) is 36.5 Å². The molecule has 0 aromatic heterocycles. The van der Waals surface area contributed by atoms with E-state index in [0.717, 1.165) is 75.8 Å². The first kappa shape index (κ1) is 28.1. The van der Waals surface area contributed by atoms with E-state index in [4.69, 9.17) is 0 Å². The predicted octanol–water partition coefficient (Wildman–Crippen LogP) is 4.49. The molecule has 3 aliphatic heterocycles. The van der Waals surface area contributed by atoms with Crippen molar-refractivity contribution in [1.82, 2.24) is 15.5 Å². The molecule has 6 rings (SSSR count). The Balaban J connectivity index is 0.000000161. The Hall–Kier alpha value is -3.48. The van der Waals surface area contributed by atoms with Crippen LogP contribution in [0.2, 0.25) is 0 Å². The van der Waals surface area contributed by atoms with Crippen LogP contribution in [0.3, 0.4) is 0 Å². The standard InChI is InChI=1S/C17H21NO2.C16H20N2O2/c19-16-9-8-13-10-14(6-7-15(13)11-18-16)17(20)12-4-2-1-3-5-12;19-15-10-13-7-9-18(11-14(13)6-8-17-15)16(20)12-4-2-1-3-5-12/h1-5,13-15H,6-11H2,(H,18,19);1-5,13-14H,6-11H2,(H,17,19). The highest BCUT2D eigenvalue weighted by Gasteiger charge is 2.36.